The quantitative estimate of drug-likeness (QED) is 0.709. The van der Waals surface area contributed by atoms with Crippen molar-refractivity contribution in [2.24, 2.45) is 0 Å². The van der Waals surface area contributed by atoms with Crippen LogP contribution in [-0.4, -0.2) is 14.1 Å². The number of anilines is 2. The first kappa shape index (κ1) is 13.9. The van der Waals surface area contributed by atoms with E-state index in [0.717, 1.165) is 0 Å². The number of hydrogen-bond donors (Lipinski definition) is 1. The van der Waals surface area contributed by atoms with E-state index in [1.807, 2.05) is 0 Å². The molecule has 0 spiro atoms. The standard InChI is InChI=1S/C21H20N2/c1-23(2)17-10-7-16(8-11-17)20-14-12-19-18-6-4-3-5-15(18)9-13-21(19)22-20/h3-14,20,22H,1-2H3/t20-/m0/s1. The fourth-order valence-electron chi connectivity index (χ4n) is 3.18. The van der Waals surface area contributed by atoms with Gasteiger partial charge in [0.2, 0.25) is 0 Å². The number of rotatable bonds is 2. The Balaban J connectivity index is 1.69. The summed E-state index contributed by atoms with van der Waals surface area (Å²) in [4.78, 5) is 2.12. The van der Waals surface area contributed by atoms with Gasteiger partial charge in [0, 0.05) is 31.0 Å². The van der Waals surface area contributed by atoms with Gasteiger partial charge in [-0.15, -0.1) is 0 Å². The SMILES string of the molecule is CN(C)c1ccc([C@@H]2C=Cc3c(ccc4ccccc34)N2)cc1. The van der Waals surface area contributed by atoms with Crippen LogP contribution in [-0.2, 0) is 0 Å². The molecule has 2 heteroatoms. The highest BCUT2D eigenvalue weighted by Gasteiger charge is 2.16. The van der Waals surface area contributed by atoms with Crippen molar-refractivity contribution >= 4 is 28.2 Å². The van der Waals surface area contributed by atoms with E-state index in [4.69, 9.17) is 0 Å². The first-order chi connectivity index (χ1) is 11.2. The van der Waals surface area contributed by atoms with Gasteiger partial charge in [0.1, 0.15) is 0 Å². The topological polar surface area (TPSA) is 15.3 Å². The Morgan fingerprint density at radius 1 is 0.870 bits per heavy atom. The normalized spacial score (nSPS) is 16.0. The molecule has 0 radical (unpaired) electrons. The summed E-state index contributed by atoms with van der Waals surface area (Å²) in [6, 6.07) is 21.9. The van der Waals surface area contributed by atoms with Crippen molar-refractivity contribution in [3.8, 4) is 0 Å². The van der Waals surface area contributed by atoms with Crippen LogP contribution in [0.15, 0.2) is 66.7 Å². The zero-order valence-electron chi connectivity index (χ0n) is 13.5. The molecule has 2 nitrogen and oxygen atoms in total. The molecule has 1 heterocycles. The van der Waals surface area contributed by atoms with Gasteiger partial charge in [-0.2, -0.15) is 0 Å². The molecule has 23 heavy (non-hydrogen) atoms. The number of fused-ring (bicyclic) bond motifs is 3. The number of nitrogens with one attached hydrogen (secondary N) is 1. The van der Waals surface area contributed by atoms with Crippen LogP contribution < -0.4 is 10.2 Å². The van der Waals surface area contributed by atoms with Crippen molar-refractivity contribution in [1.82, 2.24) is 0 Å². The predicted molar refractivity (Wildman–Crippen MR) is 100 cm³/mol. The number of benzene rings is 3. The van der Waals surface area contributed by atoms with Crippen LogP contribution in [0.4, 0.5) is 11.4 Å². The molecule has 1 atom stereocenters. The van der Waals surface area contributed by atoms with Crippen LogP contribution in [0.5, 0.6) is 0 Å². The van der Waals surface area contributed by atoms with E-state index >= 15 is 0 Å². The van der Waals surface area contributed by atoms with Gasteiger partial charge in [0.15, 0.2) is 0 Å². The Morgan fingerprint density at radius 2 is 1.65 bits per heavy atom. The van der Waals surface area contributed by atoms with E-state index in [2.05, 4.69) is 97.1 Å². The predicted octanol–water partition coefficient (Wildman–Crippen LogP) is 5.09. The smallest absolute Gasteiger partial charge is 0.0701 e. The zero-order chi connectivity index (χ0) is 15.8. The van der Waals surface area contributed by atoms with Crippen molar-refractivity contribution in [2.45, 2.75) is 6.04 Å². The van der Waals surface area contributed by atoms with E-state index in [0.29, 0.717) is 0 Å². The van der Waals surface area contributed by atoms with Crippen LogP contribution in [0.3, 0.4) is 0 Å². The Bertz CT molecular complexity index is 876. The maximum Gasteiger partial charge on any atom is 0.0701 e. The molecule has 0 aromatic heterocycles. The van der Waals surface area contributed by atoms with Gasteiger partial charge in [-0.1, -0.05) is 54.6 Å². The molecular formula is C21H20N2. The third kappa shape index (κ3) is 2.46. The lowest BCUT2D eigenvalue weighted by Gasteiger charge is -2.24. The highest BCUT2D eigenvalue weighted by molar-refractivity contribution is 5.96. The van der Waals surface area contributed by atoms with Crippen LogP contribution in [0.2, 0.25) is 0 Å². The minimum Gasteiger partial charge on any atom is -0.378 e. The lowest BCUT2D eigenvalue weighted by Crippen LogP contribution is -2.13. The summed E-state index contributed by atoms with van der Waals surface area (Å²) in [6.45, 7) is 0. The second-order valence-electron chi connectivity index (χ2n) is 6.22. The van der Waals surface area contributed by atoms with E-state index in [-0.39, 0.29) is 6.04 Å². The Labute approximate surface area is 137 Å². The molecule has 3 aromatic carbocycles. The number of nitrogens with zero attached hydrogens (tertiary/aromatic N) is 1. The molecule has 0 fully saturated rings. The zero-order valence-corrected chi connectivity index (χ0v) is 13.5. The van der Waals surface area contributed by atoms with Crippen LogP contribution in [0, 0.1) is 0 Å². The maximum atomic E-state index is 3.65. The third-order valence-electron chi connectivity index (χ3n) is 4.51. The van der Waals surface area contributed by atoms with E-state index in [1.54, 1.807) is 0 Å². The average molecular weight is 300 g/mol. The molecule has 4 rings (SSSR count). The first-order valence-electron chi connectivity index (χ1n) is 7.96. The lowest BCUT2D eigenvalue weighted by atomic mass is 9.95. The maximum absolute atomic E-state index is 3.65. The molecule has 3 aromatic rings. The van der Waals surface area contributed by atoms with Crippen molar-refractivity contribution < 1.29 is 0 Å². The molecule has 0 unspecified atom stereocenters. The summed E-state index contributed by atoms with van der Waals surface area (Å²) >= 11 is 0. The van der Waals surface area contributed by atoms with Gasteiger partial charge >= 0.3 is 0 Å². The average Bonchev–Trinajstić information content (AvgIpc) is 2.61. The monoisotopic (exact) mass is 300 g/mol. The van der Waals surface area contributed by atoms with Crippen LogP contribution >= 0.6 is 0 Å². The molecule has 0 aliphatic carbocycles. The van der Waals surface area contributed by atoms with Crippen molar-refractivity contribution in [3.05, 3.63) is 77.9 Å². The van der Waals surface area contributed by atoms with Crippen molar-refractivity contribution in [1.29, 1.82) is 0 Å². The molecule has 0 saturated heterocycles. The Morgan fingerprint density at radius 3 is 2.43 bits per heavy atom. The largest absolute Gasteiger partial charge is 0.378 e. The minimum atomic E-state index is 0.222. The lowest BCUT2D eigenvalue weighted by molar-refractivity contribution is 0.978. The molecule has 0 saturated carbocycles. The summed E-state index contributed by atoms with van der Waals surface area (Å²) in [5.41, 5.74) is 4.99. The second kappa shape index (κ2) is 5.47. The van der Waals surface area contributed by atoms with E-state index < -0.39 is 0 Å². The highest BCUT2D eigenvalue weighted by atomic mass is 15.1. The highest BCUT2D eigenvalue weighted by Crippen LogP contribution is 2.35. The van der Waals surface area contributed by atoms with Gasteiger partial charge in [-0.05, 0) is 34.5 Å². The second-order valence-corrected chi connectivity index (χ2v) is 6.22. The fourth-order valence-corrected chi connectivity index (χ4v) is 3.18. The van der Waals surface area contributed by atoms with E-state index in [9.17, 15) is 0 Å². The molecular weight excluding hydrogens is 280 g/mol. The molecule has 1 aliphatic heterocycles. The van der Waals surface area contributed by atoms with E-state index in [1.165, 1.54) is 33.3 Å². The Kier molecular flexibility index (Phi) is 3.30. The molecule has 1 aliphatic rings. The summed E-state index contributed by atoms with van der Waals surface area (Å²) in [5.74, 6) is 0. The van der Waals surface area contributed by atoms with Crippen LogP contribution in [0.1, 0.15) is 17.2 Å². The van der Waals surface area contributed by atoms with Gasteiger partial charge < -0.3 is 10.2 Å². The van der Waals surface area contributed by atoms with Gasteiger partial charge in [0.05, 0.1) is 6.04 Å². The summed E-state index contributed by atoms with van der Waals surface area (Å²) in [6.07, 6.45) is 4.50. The first-order valence-corrected chi connectivity index (χ1v) is 7.96. The van der Waals surface area contributed by atoms with Crippen LogP contribution in [0.25, 0.3) is 16.8 Å². The summed E-state index contributed by atoms with van der Waals surface area (Å²) in [5, 5.41) is 6.24. The van der Waals surface area contributed by atoms with Gasteiger partial charge in [-0.25, -0.2) is 0 Å². The fraction of sp³-hybridized carbons (Fsp3) is 0.143. The molecule has 1 N–H and O–H groups in total. The minimum absolute atomic E-state index is 0.222. The Hall–Kier alpha value is -2.74. The summed E-state index contributed by atoms with van der Waals surface area (Å²) in [7, 11) is 4.13. The number of hydrogen-bond acceptors (Lipinski definition) is 2. The molecule has 0 bridgehead atoms. The third-order valence-corrected chi connectivity index (χ3v) is 4.51. The molecule has 0 amide bonds. The summed E-state index contributed by atoms with van der Waals surface area (Å²) < 4.78 is 0. The van der Waals surface area contributed by atoms with Crippen molar-refractivity contribution in [3.63, 3.8) is 0 Å². The van der Waals surface area contributed by atoms with Gasteiger partial charge in [0.25, 0.3) is 0 Å². The van der Waals surface area contributed by atoms with Gasteiger partial charge in [-0.3, -0.25) is 0 Å². The molecule has 114 valence electrons. The van der Waals surface area contributed by atoms with Crippen molar-refractivity contribution in [2.75, 3.05) is 24.3 Å².